The second-order valence-electron chi connectivity index (χ2n) is 3.41. The predicted octanol–water partition coefficient (Wildman–Crippen LogP) is 2.21. The number of carboxylic acid groups (broad SMARTS) is 1. The highest BCUT2D eigenvalue weighted by molar-refractivity contribution is 7.08. The number of nitrogens with one attached hydrogen (secondary N) is 1. The van der Waals surface area contributed by atoms with Gasteiger partial charge in [-0.3, -0.25) is 5.43 Å². The van der Waals surface area contributed by atoms with Crippen LogP contribution in [0.1, 0.15) is 15.9 Å². The van der Waals surface area contributed by atoms with Crippen LogP contribution in [0.15, 0.2) is 40.1 Å². The van der Waals surface area contributed by atoms with Crippen LogP contribution in [0.5, 0.6) is 0 Å². The second-order valence-corrected chi connectivity index (χ2v) is 4.60. The molecule has 0 saturated carbocycles. The third-order valence-electron chi connectivity index (χ3n) is 2.14. The number of rotatable bonds is 4. The van der Waals surface area contributed by atoms with Gasteiger partial charge in [-0.05, 0) is 34.5 Å². The van der Waals surface area contributed by atoms with Crippen LogP contribution in [0.2, 0.25) is 5.02 Å². The fraction of sp³-hybridized carbons (Fsp3) is 0. The molecule has 1 aromatic heterocycles. The summed E-state index contributed by atoms with van der Waals surface area (Å²) >= 11 is 7.48. The largest absolute Gasteiger partial charge is 0.545 e. The van der Waals surface area contributed by atoms with Crippen LogP contribution in [0, 0.1) is 0 Å². The molecule has 0 fully saturated rings. The molecule has 0 aliphatic heterocycles. The molecule has 0 aliphatic rings. The van der Waals surface area contributed by atoms with Gasteiger partial charge < -0.3 is 9.90 Å². The maximum atomic E-state index is 10.7. The van der Waals surface area contributed by atoms with Crippen molar-refractivity contribution >= 4 is 40.8 Å². The Kier molecular flexibility index (Phi) is 3.96. The number of thiophene rings is 1. The number of carboxylic acids is 1. The van der Waals surface area contributed by atoms with Crippen molar-refractivity contribution in [2.75, 3.05) is 5.43 Å². The molecule has 92 valence electrons. The fourth-order valence-electron chi connectivity index (χ4n) is 1.26. The van der Waals surface area contributed by atoms with Crippen molar-refractivity contribution in [2.24, 2.45) is 5.10 Å². The van der Waals surface area contributed by atoms with Crippen molar-refractivity contribution < 1.29 is 9.90 Å². The highest BCUT2D eigenvalue weighted by atomic mass is 35.5. The molecular weight excluding hydrogens is 272 g/mol. The first-order chi connectivity index (χ1) is 8.66. The maximum Gasteiger partial charge on any atom is 0.0754 e. The number of carbonyl (C=O) groups is 1. The van der Waals surface area contributed by atoms with Gasteiger partial charge in [0, 0.05) is 5.56 Å². The Labute approximate surface area is 113 Å². The molecule has 0 atom stereocenters. The van der Waals surface area contributed by atoms with Gasteiger partial charge in [0.1, 0.15) is 0 Å². The summed E-state index contributed by atoms with van der Waals surface area (Å²) < 4.78 is 0. The van der Waals surface area contributed by atoms with E-state index in [0.29, 0.717) is 10.7 Å². The molecule has 0 radical (unpaired) electrons. The molecule has 0 bridgehead atoms. The minimum absolute atomic E-state index is 0.0487. The van der Waals surface area contributed by atoms with Crippen LogP contribution in [0.25, 0.3) is 0 Å². The molecule has 0 aliphatic carbocycles. The van der Waals surface area contributed by atoms with E-state index in [1.165, 1.54) is 18.2 Å². The summed E-state index contributed by atoms with van der Waals surface area (Å²) in [4.78, 5) is 10.7. The van der Waals surface area contributed by atoms with E-state index in [1.54, 1.807) is 17.6 Å². The lowest BCUT2D eigenvalue weighted by molar-refractivity contribution is -0.255. The summed E-state index contributed by atoms with van der Waals surface area (Å²) in [5, 5.41) is 18.9. The Balaban J connectivity index is 2.13. The molecule has 2 rings (SSSR count). The first-order valence-corrected chi connectivity index (χ1v) is 6.31. The normalized spacial score (nSPS) is 10.7. The smallest absolute Gasteiger partial charge is 0.0754 e. The van der Waals surface area contributed by atoms with Gasteiger partial charge in [0.25, 0.3) is 0 Å². The maximum absolute atomic E-state index is 10.7. The van der Waals surface area contributed by atoms with E-state index in [1.807, 2.05) is 16.8 Å². The van der Waals surface area contributed by atoms with Crippen LogP contribution >= 0.6 is 22.9 Å². The third kappa shape index (κ3) is 3.09. The Hall–Kier alpha value is -1.85. The molecule has 1 heterocycles. The van der Waals surface area contributed by atoms with Gasteiger partial charge in [0.2, 0.25) is 0 Å². The van der Waals surface area contributed by atoms with E-state index in [-0.39, 0.29) is 5.56 Å². The molecule has 1 N–H and O–H groups in total. The zero-order valence-corrected chi connectivity index (χ0v) is 10.7. The Morgan fingerprint density at radius 1 is 1.44 bits per heavy atom. The zero-order chi connectivity index (χ0) is 13.0. The predicted molar refractivity (Wildman–Crippen MR) is 71.3 cm³/mol. The number of benzene rings is 1. The van der Waals surface area contributed by atoms with Gasteiger partial charge in [0.15, 0.2) is 0 Å². The average molecular weight is 280 g/mol. The van der Waals surface area contributed by atoms with Crippen molar-refractivity contribution in [3.05, 3.63) is 51.2 Å². The molecule has 1 aromatic carbocycles. The summed E-state index contributed by atoms with van der Waals surface area (Å²) in [6.07, 6.45) is 1.62. The number of aromatic carboxylic acids is 1. The van der Waals surface area contributed by atoms with Gasteiger partial charge in [-0.1, -0.05) is 17.7 Å². The van der Waals surface area contributed by atoms with Crippen molar-refractivity contribution in [2.45, 2.75) is 0 Å². The minimum atomic E-state index is -1.25. The van der Waals surface area contributed by atoms with Crippen molar-refractivity contribution in [3.63, 3.8) is 0 Å². The zero-order valence-electron chi connectivity index (χ0n) is 9.09. The van der Waals surface area contributed by atoms with Gasteiger partial charge in [-0.15, -0.1) is 0 Å². The lowest BCUT2D eigenvalue weighted by atomic mass is 10.2. The number of nitrogens with zero attached hydrogens (tertiary/aromatic N) is 1. The summed E-state index contributed by atoms with van der Waals surface area (Å²) in [6, 6.07) is 6.15. The van der Waals surface area contributed by atoms with Gasteiger partial charge in [-0.2, -0.15) is 16.4 Å². The van der Waals surface area contributed by atoms with Crippen LogP contribution < -0.4 is 10.5 Å². The van der Waals surface area contributed by atoms with Crippen molar-refractivity contribution in [1.29, 1.82) is 0 Å². The summed E-state index contributed by atoms with van der Waals surface area (Å²) in [5.41, 5.74) is 4.13. The van der Waals surface area contributed by atoms with Crippen LogP contribution in [-0.4, -0.2) is 12.2 Å². The topological polar surface area (TPSA) is 64.5 Å². The van der Waals surface area contributed by atoms with Gasteiger partial charge >= 0.3 is 0 Å². The molecule has 0 spiro atoms. The highest BCUT2D eigenvalue weighted by Gasteiger charge is 2.01. The van der Waals surface area contributed by atoms with E-state index in [0.717, 1.165) is 5.56 Å². The number of halogens is 1. The molecule has 0 amide bonds. The number of anilines is 1. The first-order valence-electron chi connectivity index (χ1n) is 4.99. The van der Waals surface area contributed by atoms with Crippen molar-refractivity contribution in [1.82, 2.24) is 0 Å². The number of hydrazone groups is 1. The first kappa shape index (κ1) is 12.6. The number of carbonyl (C=O) groups excluding carboxylic acids is 1. The molecule has 0 saturated heterocycles. The van der Waals surface area contributed by atoms with E-state index in [2.05, 4.69) is 10.5 Å². The molecule has 4 nitrogen and oxygen atoms in total. The summed E-state index contributed by atoms with van der Waals surface area (Å²) in [6.45, 7) is 0. The average Bonchev–Trinajstić information content (AvgIpc) is 2.84. The Bertz CT molecular complexity index is 582. The van der Waals surface area contributed by atoms with Gasteiger partial charge in [0.05, 0.1) is 22.9 Å². The number of hydrogen-bond donors (Lipinski definition) is 1. The van der Waals surface area contributed by atoms with Crippen LogP contribution in [0.3, 0.4) is 0 Å². The fourth-order valence-corrected chi connectivity index (χ4v) is 2.03. The number of hydrogen-bond acceptors (Lipinski definition) is 5. The van der Waals surface area contributed by atoms with Gasteiger partial charge in [-0.25, -0.2) is 0 Å². The summed E-state index contributed by atoms with van der Waals surface area (Å²) in [7, 11) is 0. The molecular formula is C12H8ClN2O2S-. The lowest BCUT2D eigenvalue weighted by Crippen LogP contribution is -2.22. The van der Waals surface area contributed by atoms with Crippen LogP contribution in [0.4, 0.5) is 5.69 Å². The van der Waals surface area contributed by atoms with E-state index >= 15 is 0 Å². The summed E-state index contributed by atoms with van der Waals surface area (Å²) in [5.74, 6) is -1.25. The standard InChI is InChI=1S/C12H9ClN2O2S/c13-10-2-1-9(12(16)17)5-11(10)15-14-6-8-3-4-18-7-8/h1-7,15H,(H,16,17)/p-1/b14-6-. The Morgan fingerprint density at radius 3 is 2.94 bits per heavy atom. The van der Waals surface area contributed by atoms with E-state index in [4.69, 9.17) is 11.6 Å². The molecule has 0 unspecified atom stereocenters. The molecule has 18 heavy (non-hydrogen) atoms. The Morgan fingerprint density at radius 2 is 2.28 bits per heavy atom. The minimum Gasteiger partial charge on any atom is -0.545 e. The lowest BCUT2D eigenvalue weighted by Gasteiger charge is -2.07. The second kappa shape index (κ2) is 5.66. The molecule has 6 heteroatoms. The molecule has 2 aromatic rings. The van der Waals surface area contributed by atoms with E-state index < -0.39 is 5.97 Å². The monoisotopic (exact) mass is 279 g/mol. The third-order valence-corrected chi connectivity index (χ3v) is 3.17. The quantitative estimate of drug-likeness (QED) is 0.689. The van der Waals surface area contributed by atoms with E-state index in [9.17, 15) is 9.90 Å². The van der Waals surface area contributed by atoms with Crippen LogP contribution in [-0.2, 0) is 0 Å². The highest BCUT2D eigenvalue weighted by Crippen LogP contribution is 2.22. The van der Waals surface area contributed by atoms with Crippen molar-refractivity contribution in [3.8, 4) is 0 Å². The SMILES string of the molecule is O=C([O-])c1ccc(Cl)c(N/N=C\c2ccsc2)c1.